The first-order valence-electron chi connectivity index (χ1n) is 8.18. The number of ether oxygens (including phenoxy) is 1. The topological polar surface area (TPSA) is 51.5 Å². The van der Waals surface area contributed by atoms with Gasteiger partial charge in [-0.05, 0) is 25.5 Å². The lowest BCUT2D eigenvalue weighted by Crippen LogP contribution is -2.28. The van der Waals surface area contributed by atoms with Gasteiger partial charge in [-0.1, -0.05) is 37.3 Å². The van der Waals surface area contributed by atoms with E-state index in [4.69, 9.17) is 9.15 Å². The van der Waals surface area contributed by atoms with Crippen LogP contribution in [0.2, 0.25) is 0 Å². The highest BCUT2D eigenvalue weighted by Crippen LogP contribution is 2.30. The van der Waals surface area contributed by atoms with Crippen molar-refractivity contribution in [1.29, 1.82) is 0 Å². The van der Waals surface area contributed by atoms with E-state index in [9.17, 15) is 9.18 Å². The molecule has 1 unspecified atom stereocenters. The molecular weight excluding hydrogens is 321 g/mol. The Labute approximate surface area is 145 Å². The number of hydrogen-bond acceptors (Lipinski definition) is 3. The Morgan fingerprint density at radius 2 is 2.00 bits per heavy atom. The van der Waals surface area contributed by atoms with Gasteiger partial charge < -0.3 is 14.5 Å². The van der Waals surface area contributed by atoms with Crippen molar-refractivity contribution < 1.29 is 18.3 Å². The number of methoxy groups -OCH3 is 1. The number of aryl methyl sites for hydroxylation is 1. The molecule has 0 saturated carbocycles. The minimum absolute atomic E-state index is 0.107. The number of amides is 1. The normalized spacial score (nSPS) is 12.2. The van der Waals surface area contributed by atoms with Crippen LogP contribution >= 0.6 is 0 Å². The van der Waals surface area contributed by atoms with Gasteiger partial charge in [0.05, 0.1) is 13.2 Å². The Bertz CT molecular complexity index is 916. The molecule has 2 aromatic carbocycles. The maximum atomic E-state index is 13.9. The third-order valence-corrected chi connectivity index (χ3v) is 4.35. The van der Waals surface area contributed by atoms with Gasteiger partial charge in [-0.15, -0.1) is 0 Å². The van der Waals surface area contributed by atoms with Gasteiger partial charge >= 0.3 is 0 Å². The van der Waals surface area contributed by atoms with Crippen molar-refractivity contribution >= 4 is 16.9 Å². The second-order valence-electron chi connectivity index (χ2n) is 5.85. The van der Waals surface area contributed by atoms with E-state index in [1.165, 1.54) is 6.07 Å². The second-order valence-corrected chi connectivity index (χ2v) is 5.85. The van der Waals surface area contributed by atoms with E-state index in [0.717, 1.165) is 5.56 Å². The van der Waals surface area contributed by atoms with E-state index in [-0.39, 0.29) is 23.3 Å². The van der Waals surface area contributed by atoms with Gasteiger partial charge in [0.2, 0.25) is 0 Å². The minimum Gasteiger partial charge on any atom is -0.496 e. The number of hydrogen-bond donors (Lipinski definition) is 1. The first-order valence-corrected chi connectivity index (χ1v) is 8.18. The van der Waals surface area contributed by atoms with Crippen LogP contribution < -0.4 is 10.1 Å². The quantitative estimate of drug-likeness (QED) is 0.727. The minimum atomic E-state index is -0.476. The molecule has 5 heteroatoms. The smallest absolute Gasteiger partial charge is 0.287 e. The predicted octanol–water partition coefficient (Wildman–Crippen LogP) is 4.77. The van der Waals surface area contributed by atoms with Gasteiger partial charge in [-0.25, -0.2) is 4.39 Å². The van der Waals surface area contributed by atoms with Crippen molar-refractivity contribution in [2.75, 3.05) is 7.11 Å². The van der Waals surface area contributed by atoms with E-state index in [1.54, 1.807) is 26.2 Å². The van der Waals surface area contributed by atoms with Crippen molar-refractivity contribution in [3.8, 4) is 5.75 Å². The molecule has 3 rings (SSSR count). The molecule has 1 aromatic heterocycles. The van der Waals surface area contributed by atoms with E-state index in [0.29, 0.717) is 23.1 Å². The van der Waals surface area contributed by atoms with Crippen LogP contribution in [0.3, 0.4) is 0 Å². The average molecular weight is 341 g/mol. The zero-order valence-corrected chi connectivity index (χ0v) is 14.4. The lowest BCUT2D eigenvalue weighted by atomic mass is 10.0. The molecule has 0 fully saturated rings. The molecule has 130 valence electrons. The van der Waals surface area contributed by atoms with Crippen molar-refractivity contribution in [2.45, 2.75) is 26.3 Å². The Hall–Kier alpha value is -2.82. The number of benzene rings is 2. The van der Waals surface area contributed by atoms with E-state index in [2.05, 4.69) is 5.32 Å². The van der Waals surface area contributed by atoms with Crippen molar-refractivity contribution in [3.05, 3.63) is 65.2 Å². The van der Waals surface area contributed by atoms with Gasteiger partial charge in [0.15, 0.2) is 17.2 Å². The number of nitrogens with one attached hydrogen (secondary N) is 1. The summed E-state index contributed by atoms with van der Waals surface area (Å²) in [6, 6.07) is 12.0. The van der Waals surface area contributed by atoms with Gasteiger partial charge in [-0.3, -0.25) is 4.79 Å². The zero-order valence-electron chi connectivity index (χ0n) is 14.4. The van der Waals surface area contributed by atoms with E-state index >= 15 is 0 Å². The molecule has 1 heterocycles. The lowest BCUT2D eigenvalue weighted by molar-refractivity contribution is 0.0908. The molecule has 1 N–H and O–H groups in total. The van der Waals surface area contributed by atoms with Gasteiger partial charge in [0.25, 0.3) is 5.91 Å². The summed E-state index contributed by atoms with van der Waals surface area (Å²) in [6.07, 6.45) is 0.680. The number of carbonyl (C=O) groups is 1. The summed E-state index contributed by atoms with van der Waals surface area (Å²) in [5.41, 5.74) is 1.62. The Morgan fingerprint density at radius 1 is 1.24 bits per heavy atom. The third kappa shape index (κ3) is 3.09. The molecule has 3 aromatic rings. The fourth-order valence-corrected chi connectivity index (χ4v) is 3.00. The highest BCUT2D eigenvalue weighted by atomic mass is 19.1. The molecule has 0 saturated heterocycles. The second kappa shape index (κ2) is 6.97. The molecule has 0 aliphatic carbocycles. The van der Waals surface area contributed by atoms with Crippen molar-refractivity contribution in [3.63, 3.8) is 0 Å². The molecule has 0 spiro atoms. The molecular formula is C20H20FNO3. The molecule has 0 radical (unpaired) electrons. The average Bonchev–Trinajstić information content (AvgIpc) is 2.98. The zero-order chi connectivity index (χ0) is 18.0. The van der Waals surface area contributed by atoms with Crippen LogP contribution in [-0.4, -0.2) is 13.0 Å². The first kappa shape index (κ1) is 17.0. The first-order chi connectivity index (χ1) is 12.1. The molecule has 0 aliphatic heterocycles. The Morgan fingerprint density at radius 3 is 2.68 bits per heavy atom. The SMILES string of the molecule is CCC(NC(=O)c1oc2c(F)cccc2c1C)c1ccccc1OC. The molecule has 0 bridgehead atoms. The number of furan rings is 1. The van der Waals surface area contributed by atoms with Gasteiger partial charge in [0.1, 0.15) is 5.75 Å². The highest BCUT2D eigenvalue weighted by molar-refractivity contribution is 5.99. The summed E-state index contributed by atoms with van der Waals surface area (Å²) in [5.74, 6) is -0.00209. The van der Waals surface area contributed by atoms with Crippen LogP contribution in [0.5, 0.6) is 5.75 Å². The predicted molar refractivity (Wildman–Crippen MR) is 94.4 cm³/mol. The standard InChI is InChI=1S/C20H20FNO3/c1-4-16(14-8-5-6-11-17(14)24-3)22-20(23)18-12(2)13-9-7-10-15(21)19(13)25-18/h5-11,16H,4H2,1-3H3,(H,22,23). The maximum absolute atomic E-state index is 13.9. The van der Waals surface area contributed by atoms with Crippen LogP contribution in [-0.2, 0) is 0 Å². The molecule has 1 atom stereocenters. The van der Waals surface area contributed by atoms with Gasteiger partial charge in [-0.2, -0.15) is 0 Å². The van der Waals surface area contributed by atoms with Crippen LogP contribution in [0, 0.1) is 12.7 Å². The fraction of sp³-hybridized carbons (Fsp3) is 0.250. The van der Waals surface area contributed by atoms with Crippen molar-refractivity contribution in [2.24, 2.45) is 0 Å². The summed E-state index contributed by atoms with van der Waals surface area (Å²) in [5, 5.41) is 3.57. The van der Waals surface area contributed by atoms with E-state index in [1.807, 2.05) is 31.2 Å². The molecule has 4 nitrogen and oxygen atoms in total. The Kier molecular flexibility index (Phi) is 4.74. The summed E-state index contributed by atoms with van der Waals surface area (Å²) in [7, 11) is 1.60. The lowest BCUT2D eigenvalue weighted by Gasteiger charge is -2.19. The number of rotatable bonds is 5. The molecule has 0 aliphatic rings. The van der Waals surface area contributed by atoms with Crippen LogP contribution in [0.1, 0.15) is 41.1 Å². The number of fused-ring (bicyclic) bond motifs is 1. The summed E-state index contributed by atoms with van der Waals surface area (Å²) >= 11 is 0. The summed E-state index contributed by atoms with van der Waals surface area (Å²) < 4.78 is 24.8. The van der Waals surface area contributed by atoms with Crippen molar-refractivity contribution in [1.82, 2.24) is 5.32 Å². The fourth-order valence-electron chi connectivity index (χ4n) is 3.00. The highest BCUT2D eigenvalue weighted by Gasteiger charge is 2.23. The third-order valence-electron chi connectivity index (χ3n) is 4.35. The van der Waals surface area contributed by atoms with Crippen LogP contribution in [0.4, 0.5) is 4.39 Å². The maximum Gasteiger partial charge on any atom is 0.287 e. The van der Waals surface area contributed by atoms with E-state index < -0.39 is 5.82 Å². The number of carbonyl (C=O) groups excluding carboxylic acids is 1. The van der Waals surface area contributed by atoms with Crippen LogP contribution in [0.15, 0.2) is 46.9 Å². The number of halogens is 1. The molecule has 25 heavy (non-hydrogen) atoms. The summed E-state index contributed by atoms with van der Waals surface area (Å²) in [4.78, 5) is 12.7. The number of para-hydroxylation sites is 2. The summed E-state index contributed by atoms with van der Waals surface area (Å²) in [6.45, 7) is 3.73. The van der Waals surface area contributed by atoms with Crippen LogP contribution in [0.25, 0.3) is 11.0 Å². The molecule has 1 amide bonds. The monoisotopic (exact) mass is 341 g/mol. The Balaban J connectivity index is 1.93. The van der Waals surface area contributed by atoms with Gasteiger partial charge in [0, 0.05) is 16.5 Å². The largest absolute Gasteiger partial charge is 0.496 e.